The zero-order valence-electron chi connectivity index (χ0n) is 9.25. The largest absolute Gasteiger partial charge is 0.383 e. The van der Waals surface area contributed by atoms with Gasteiger partial charge in [-0.3, -0.25) is 0 Å². The summed E-state index contributed by atoms with van der Waals surface area (Å²) in [6.45, 7) is 6.00. The smallest absolute Gasteiger partial charge is 0.0589 e. The Labute approximate surface area is 82.2 Å². The second-order valence-electron chi connectivity index (χ2n) is 3.78. The lowest BCUT2D eigenvalue weighted by Crippen LogP contribution is -2.24. The molecule has 0 aromatic heterocycles. The fourth-order valence-electron chi connectivity index (χ4n) is 1.19. The molecule has 1 atom stereocenters. The van der Waals surface area contributed by atoms with E-state index in [1.54, 1.807) is 7.11 Å². The van der Waals surface area contributed by atoms with Gasteiger partial charge >= 0.3 is 0 Å². The molecule has 0 aliphatic rings. The minimum absolute atomic E-state index is 0.663. The van der Waals surface area contributed by atoms with Crippen LogP contribution in [-0.2, 0) is 4.74 Å². The van der Waals surface area contributed by atoms with Crippen LogP contribution < -0.4 is 5.73 Å². The number of hydrogen-bond acceptors (Lipinski definition) is 3. The molecular formula is C10H24N2O. The first-order valence-electron chi connectivity index (χ1n) is 5.08. The van der Waals surface area contributed by atoms with Gasteiger partial charge in [-0.25, -0.2) is 0 Å². The third kappa shape index (κ3) is 8.22. The molecule has 0 bridgehead atoms. The SMILES string of the molecule is COCCN(C)CCCC(C)CN. The van der Waals surface area contributed by atoms with E-state index in [0.29, 0.717) is 5.92 Å². The fourth-order valence-corrected chi connectivity index (χ4v) is 1.19. The van der Waals surface area contributed by atoms with E-state index in [2.05, 4.69) is 18.9 Å². The maximum atomic E-state index is 5.54. The zero-order chi connectivity index (χ0) is 10.1. The molecule has 3 nitrogen and oxygen atoms in total. The summed E-state index contributed by atoms with van der Waals surface area (Å²) in [5, 5.41) is 0. The van der Waals surface area contributed by atoms with E-state index in [0.717, 1.165) is 26.2 Å². The molecule has 0 saturated carbocycles. The van der Waals surface area contributed by atoms with Crippen molar-refractivity contribution in [2.75, 3.05) is 40.4 Å². The Hall–Kier alpha value is -0.120. The van der Waals surface area contributed by atoms with Gasteiger partial charge in [0.05, 0.1) is 6.61 Å². The average molecular weight is 188 g/mol. The number of rotatable bonds is 8. The molecule has 0 rings (SSSR count). The molecule has 0 saturated heterocycles. The van der Waals surface area contributed by atoms with Crippen LogP contribution in [-0.4, -0.2) is 45.3 Å². The average Bonchev–Trinajstić information content (AvgIpc) is 2.14. The van der Waals surface area contributed by atoms with E-state index in [9.17, 15) is 0 Å². The fraction of sp³-hybridized carbons (Fsp3) is 1.00. The van der Waals surface area contributed by atoms with Crippen LogP contribution in [0.3, 0.4) is 0 Å². The van der Waals surface area contributed by atoms with E-state index in [1.807, 2.05) is 0 Å². The van der Waals surface area contributed by atoms with Gasteiger partial charge in [0.2, 0.25) is 0 Å². The molecule has 0 fully saturated rings. The number of methoxy groups -OCH3 is 1. The van der Waals surface area contributed by atoms with Crippen LogP contribution in [0.1, 0.15) is 19.8 Å². The van der Waals surface area contributed by atoms with Crippen molar-refractivity contribution in [3.05, 3.63) is 0 Å². The Kier molecular flexibility index (Phi) is 8.40. The highest BCUT2D eigenvalue weighted by Gasteiger charge is 2.01. The first-order valence-corrected chi connectivity index (χ1v) is 5.08. The molecule has 0 heterocycles. The van der Waals surface area contributed by atoms with Gasteiger partial charge < -0.3 is 15.4 Å². The van der Waals surface area contributed by atoms with Crippen molar-refractivity contribution in [3.8, 4) is 0 Å². The van der Waals surface area contributed by atoms with Crippen molar-refractivity contribution in [3.63, 3.8) is 0 Å². The van der Waals surface area contributed by atoms with Crippen LogP contribution in [0.2, 0.25) is 0 Å². The van der Waals surface area contributed by atoms with Crippen molar-refractivity contribution < 1.29 is 4.74 Å². The quantitative estimate of drug-likeness (QED) is 0.616. The second kappa shape index (κ2) is 8.48. The lowest BCUT2D eigenvalue weighted by molar-refractivity contribution is 0.159. The summed E-state index contributed by atoms with van der Waals surface area (Å²) in [7, 11) is 3.87. The van der Waals surface area contributed by atoms with E-state index < -0.39 is 0 Å². The van der Waals surface area contributed by atoms with Gasteiger partial charge in [0.25, 0.3) is 0 Å². The number of likely N-dealkylation sites (N-methyl/N-ethyl adjacent to an activating group) is 1. The molecule has 0 amide bonds. The van der Waals surface area contributed by atoms with Gasteiger partial charge in [-0.1, -0.05) is 6.92 Å². The van der Waals surface area contributed by atoms with Crippen LogP contribution in [0.15, 0.2) is 0 Å². The molecule has 0 aliphatic carbocycles. The summed E-state index contributed by atoms with van der Waals surface area (Å²) < 4.78 is 5.00. The van der Waals surface area contributed by atoms with Crippen molar-refractivity contribution in [1.29, 1.82) is 0 Å². The maximum Gasteiger partial charge on any atom is 0.0589 e. The highest BCUT2D eigenvalue weighted by Crippen LogP contribution is 2.03. The molecule has 13 heavy (non-hydrogen) atoms. The molecule has 1 unspecified atom stereocenters. The van der Waals surface area contributed by atoms with Crippen LogP contribution >= 0.6 is 0 Å². The Bertz CT molecular complexity index is 109. The lowest BCUT2D eigenvalue weighted by Gasteiger charge is -2.16. The molecule has 0 aromatic carbocycles. The van der Waals surface area contributed by atoms with Gasteiger partial charge in [0.1, 0.15) is 0 Å². The Morgan fingerprint density at radius 2 is 2.08 bits per heavy atom. The molecule has 2 N–H and O–H groups in total. The number of nitrogens with two attached hydrogens (primary N) is 1. The molecular weight excluding hydrogens is 164 g/mol. The van der Waals surface area contributed by atoms with E-state index in [1.165, 1.54) is 12.8 Å². The van der Waals surface area contributed by atoms with Crippen LogP contribution in [0.5, 0.6) is 0 Å². The van der Waals surface area contributed by atoms with Gasteiger partial charge in [-0.15, -0.1) is 0 Å². The molecule has 80 valence electrons. The van der Waals surface area contributed by atoms with Crippen LogP contribution in [0.4, 0.5) is 0 Å². The van der Waals surface area contributed by atoms with Crippen LogP contribution in [0, 0.1) is 5.92 Å². The van der Waals surface area contributed by atoms with E-state index >= 15 is 0 Å². The summed E-state index contributed by atoms with van der Waals surface area (Å²) in [4.78, 5) is 2.30. The van der Waals surface area contributed by atoms with Crippen molar-refractivity contribution >= 4 is 0 Å². The van der Waals surface area contributed by atoms with Crippen molar-refractivity contribution in [1.82, 2.24) is 4.90 Å². The molecule has 0 aliphatic heterocycles. The number of nitrogens with zero attached hydrogens (tertiary/aromatic N) is 1. The normalized spacial score (nSPS) is 13.6. The standard InChI is InChI=1S/C10H24N2O/c1-10(9-11)5-4-6-12(2)7-8-13-3/h10H,4-9,11H2,1-3H3. The van der Waals surface area contributed by atoms with Gasteiger partial charge in [-0.05, 0) is 38.9 Å². The monoisotopic (exact) mass is 188 g/mol. The summed E-state index contributed by atoms with van der Waals surface area (Å²) in [5.74, 6) is 0.663. The first-order chi connectivity index (χ1) is 6.20. The zero-order valence-corrected chi connectivity index (χ0v) is 9.25. The predicted molar refractivity (Wildman–Crippen MR) is 56.8 cm³/mol. The summed E-state index contributed by atoms with van der Waals surface area (Å²) in [6, 6.07) is 0. The predicted octanol–water partition coefficient (Wildman–Crippen LogP) is 0.940. The van der Waals surface area contributed by atoms with Crippen molar-refractivity contribution in [2.24, 2.45) is 11.7 Å². The number of hydrogen-bond donors (Lipinski definition) is 1. The topological polar surface area (TPSA) is 38.5 Å². The summed E-state index contributed by atoms with van der Waals surface area (Å²) >= 11 is 0. The number of ether oxygens (including phenoxy) is 1. The Morgan fingerprint density at radius 3 is 2.62 bits per heavy atom. The summed E-state index contributed by atoms with van der Waals surface area (Å²) in [6.07, 6.45) is 2.46. The van der Waals surface area contributed by atoms with E-state index in [-0.39, 0.29) is 0 Å². The molecule has 0 aromatic rings. The minimum Gasteiger partial charge on any atom is -0.383 e. The first kappa shape index (κ1) is 12.9. The van der Waals surface area contributed by atoms with E-state index in [4.69, 9.17) is 10.5 Å². The lowest BCUT2D eigenvalue weighted by atomic mass is 10.1. The molecule has 0 spiro atoms. The van der Waals surface area contributed by atoms with Crippen molar-refractivity contribution in [2.45, 2.75) is 19.8 Å². The van der Waals surface area contributed by atoms with Crippen LogP contribution in [0.25, 0.3) is 0 Å². The molecule has 3 heteroatoms. The third-order valence-corrected chi connectivity index (χ3v) is 2.32. The van der Waals surface area contributed by atoms with Gasteiger partial charge in [0, 0.05) is 13.7 Å². The second-order valence-corrected chi connectivity index (χ2v) is 3.78. The highest BCUT2D eigenvalue weighted by atomic mass is 16.5. The minimum atomic E-state index is 0.663. The Morgan fingerprint density at radius 1 is 1.38 bits per heavy atom. The third-order valence-electron chi connectivity index (χ3n) is 2.32. The summed E-state index contributed by atoms with van der Waals surface area (Å²) in [5.41, 5.74) is 5.54. The maximum absolute atomic E-state index is 5.54. The van der Waals surface area contributed by atoms with Gasteiger partial charge in [-0.2, -0.15) is 0 Å². The highest BCUT2D eigenvalue weighted by molar-refractivity contribution is 4.56. The molecule has 0 radical (unpaired) electrons. The van der Waals surface area contributed by atoms with Gasteiger partial charge in [0.15, 0.2) is 0 Å². The Balaban J connectivity index is 3.21.